The molecule has 0 fully saturated rings. The SMILES string of the molecule is COc1ccc(C(Cl)c2cc(F)ccc2C)cc1OC. The molecule has 1 unspecified atom stereocenters. The van der Waals surface area contributed by atoms with Crippen LogP contribution in [-0.2, 0) is 0 Å². The average molecular weight is 295 g/mol. The van der Waals surface area contributed by atoms with Crippen LogP contribution in [0, 0.1) is 12.7 Å². The van der Waals surface area contributed by atoms with Crippen LogP contribution in [0.2, 0.25) is 0 Å². The van der Waals surface area contributed by atoms with Crippen LogP contribution in [-0.4, -0.2) is 14.2 Å². The van der Waals surface area contributed by atoms with Crippen LogP contribution in [0.5, 0.6) is 11.5 Å². The van der Waals surface area contributed by atoms with Gasteiger partial charge in [0, 0.05) is 0 Å². The summed E-state index contributed by atoms with van der Waals surface area (Å²) in [6.45, 7) is 1.91. The Kier molecular flexibility index (Phi) is 4.50. The van der Waals surface area contributed by atoms with Crippen molar-refractivity contribution in [2.75, 3.05) is 14.2 Å². The topological polar surface area (TPSA) is 18.5 Å². The van der Waals surface area contributed by atoms with Crippen LogP contribution < -0.4 is 9.47 Å². The van der Waals surface area contributed by atoms with Gasteiger partial charge >= 0.3 is 0 Å². The summed E-state index contributed by atoms with van der Waals surface area (Å²) < 4.78 is 23.8. The van der Waals surface area contributed by atoms with Crippen molar-refractivity contribution in [2.45, 2.75) is 12.3 Å². The van der Waals surface area contributed by atoms with E-state index in [1.54, 1.807) is 32.4 Å². The van der Waals surface area contributed by atoms with Crippen LogP contribution in [0.25, 0.3) is 0 Å². The highest BCUT2D eigenvalue weighted by Gasteiger charge is 2.16. The first kappa shape index (κ1) is 14.7. The van der Waals surface area contributed by atoms with E-state index in [0.717, 1.165) is 16.7 Å². The smallest absolute Gasteiger partial charge is 0.161 e. The van der Waals surface area contributed by atoms with Crippen molar-refractivity contribution in [3.05, 3.63) is 58.9 Å². The van der Waals surface area contributed by atoms with Gasteiger partial charge in [-0.25, -0.2) is 4.39 Å². The van der Waals surface area contributed by atoms with E-state index >= 15 is 0 Å². The van der Waals surface area contributed by atoms with E-state index < -0.39 is 5.38 Å². The molecule has 0 spiro atoms. The first-order valence-electron chi connectivity index (χ1n) is 6.19. The Morgan fingerprint density at radius 2 is 1.70 bits per heavy atom. The number of alkyl halides is 1. The molecule has 0 aliphatic rings. The summed E-state index contributed by atoms with van der Waals surface area (Å²) in [4.78, 5) is 0. The maximum atomic E-state index is 13.4. The van der Waals surface area contributed by atoms with E-state index in [9.17, 15) is 4.39 Å². The molecule has 2 rings (SSSR count). The normalized spacial score (nSPS) is 12.1. The minimum atomic E-state index is -0.439. The Hall–Kier alpha value is -1.74. The van der Waals surface area contributed by atoms with Gasteiger partial charge in [0.15, 0.2) is 11.5 Å². The van der Waals surface area contributed by atoms with Crippen LogP contribution in [0.3, 0.4) is 0 Å². The predicted molar refractivity (Wildman–Crippen MR) is 78.4 cm³/mol. The lowest BCUT2D eigenvalue weighted by molar-refractivity contribution is 0.354. The molecule has 2 nitrogen and oxygen atoms in total. The van der Waals surface area contributed by atoms with Gasteiger partial charge in [0.1, 0.15) is 5.82 Å². The second kappa shape index (κ2) is 6.14. The van der Waals surface area contributed by atoms with Gasteiger partial charge in [0.2, 0.25) is 0 Å². The maximum Gasteiger partial charge on any atom is 0.161 e. The second-order valence-electron chi connectivity index (χ2n) is 4.48. The van der Waals surface area contributed by atoms with E-state index in [-0.39, 0.29) is 5.82 Å². The third-order valence-corrected chi connectivity index (χ3v) is 3.70. The summed E-state index contributed by atoms with van der Waals surface area (Å²) >= 11 is 6.47. The van der Waals surface area contributed by atoms with Gasteiger partial charge in [-0.1, -0.05) is 12.1 Å². The molecule has 0 bridgehead atoms. The quantitative estimate of drug-likeness (QED) is 0.774. The number of benzene rings is 2. The molecule has 0 saturated heterocycles. The number of methoxy groups -OCH3 is 2. The van der Waals surface area contributed by atoms with Crippen LogP contribution >= 0.6 is 11.6 Å². The molecule has 0 radical (unpaired) electrons. The van der Waals surface area contributed by atoms with Crippen molar-refractivity contribution in [1.82, 2.24) is 0 Å². The summed E-state index contributed by atoms with van der Waals surface area (Å²) in [5.74, 6) is 0.942. The molecular weight excluding hydrogens is 279 g/mol. The third-order valence-electron chi connectivity index (χ3n) is 3.21. The first-order valence-corrected chi connectivity index (χ1v) is 6.62. The lowest BCUT2D eigenvalue weighted by atomic mass is 9.99. The lowest BCUT2D eigenvalue weighted by Crippen LogP contribution is -1.99. The van der Waals surface area contributed by atoms with Crippen LogP contribution in [0.1, 0.15) is 22.1 Å². The van der Waals surface area contributed by atoms with Gasteiger partial charge in [0.05, 0.1) is 19.6 Å². The number of ether oxygens (including phenoxy) is 2. The van der Waals surface area contributed by atoms with E-state index in [1.807, 2.05) is 13.0 Å². The van der Waals surface area contributed by atoms with Gasteiger partial charge in [-0.2, -0.15) is 0 Å². The monoisotopic (exact) mass is 294 g/mol. The third kappa shape index (κ3) is 2.88. The average Bonchev–Trinajstić information content (AvgIpc) is 2.48. The van der Waals surface area contributed by atoms with E-state index in [1.165, 1.54) is 12.1 Å². The van der Waals surface area contributed by atoms with E-state index in [2.05, 4.69) is 0 Å². The second-order valence-corrected chi connectivity index (χ2v) is 4.91. The molecular formula is C16H16ClFO2. The molecule has 106 valence electrons. The fourth-order valence-electron chi connectivity index (χ4n) is 2.07. The minimum absolute atomic E-state index is 0.295. The van der Waals surface area contributed by atoms with Crippen LogP contribution in [0.15, 0.2) is 36.4 Å². The fourth-order valence-corrected chi connectivity index (χ4v) is 2.45. The van der Waals surface area contributed by atoms with E-state index in [4.69, 9.17) is 21.1 Å². The Morgan fingerprint density at radius 1 is 1.00 bits per heavy atom. The maximum absolute atomic E-state index is 13.4. The van der Waals surface area contributed by atoms with Gasteiger partial charge in [0.25, 0.3) is 0 Å². The zero-order valence-electron chi connectivity index (χ0n) is 11.6. The van der Waals surface area contributed by atoms with E-state index in [0.29, 0.717) is 11.5 Å². The Morgan fingerprint density at radius 3 is 2.35 bits per heavy atom. The highest BCUT2D eigenvalue weighted by atomic mass is 35.5. The number of halogens is 2. The summed E-state index contributed by atoms with van der Waals surface area (Å²) in [6.07, 6.45) is 0. The summed E-state index contributed by atoms with van der Waals surface area (Å²) in [7, 11) is 3.14. The molecule has 0 N–H and O–H groups in total. The Balaban J connectivity index is 2.42. The zero-order valence-corrected chi connectivity index (χ0v) is 12.4. The number of hydrogen-bond acceptors (Lipinski definition) is 2. The Labute approximate surface area is 123 Å². The molecule has 2 aromatic carbocycles. The van der Waals surface area contributed by atoms with Crippen molar-refractivity contribution in [3.63, 3.8) is 0 Å². The number of rotatable bonds is 4. The molecule has 1 atom stereocenters. The van der Waals surface area contributed by atoms with Gasteiger partial charge < -0.3 is 9.47 Å². The highest BCUT2D eigenvalue weighted by Crippen LogP contribution is 2.36. The molecule has 4 heteroatoms. The van der Waals surface area contributed by atoms with Gasteiger partial charge in [-0.05, 0) is 47.9 Å². The van der Waals surface area contributed by atoms with Crippen molar-refractivity contribution in [1.29, 1.82) is 0 Å². The van der Waals surface area contributed by atoms with Crippen molar-refractivity contribution >= 4 is 11.6 Å². The molecule has 0 aliphatic carbocycles. The van der Waals surface area contributed by atoms with Crippen LogP contribution in [0.4, 0.5) is 4.39 Å². The Bertz CT molecular complexity index is 613. The molecule has 2 aromatic rings. The number of hydrogen-bond donors (Lipinski definition) is 0. The zero-order chi connectivity index (χ0) is 14.7. The highest BCUT2D eigenvalue weighted by molar-refractivity contribution is 6.22. The summed E-state index contributed by atoms with van der Waals surface area (Å²) in [5.41, 5.74) is 2.53. The van der Waals surface area contributed by atoms with Gasteiger partial charge in [-0.15, -0.1) is 11.6 Å². The minimum Gasteiger partial charge on any atom is -0.493 e. The fraction of sp³-hybridized carbons (Fsp3) is 0.250. The lowest BCUT2D eigenvalue weighted by Gasteiger charge is -2.15. The standard InChI is InChI=1S/C16H16ClFO2/c1-10-4-6-12(18)9-13(10)16(17)11-5-7-14(19-2)15(8-11)20-3/h4-9,16H,1-3H3. The number of aryl methyl sites for hydroxylation is 1. The van der Waals surface area contributed by atoms with Crippen molar-refractivity contribution in [2.24, 2.45) is 0 Å². The molecule has 0 aromatic heterocycles. The van der Waals surface area contributed by atoms with Crippen molar-refractivity contribution < 1.29 is 13.9 Å². The van der Waals surface area contributed by atoms with Crippen molar-refractivity contribution in [3.8, 4) is 11.5 Å². The van der Waals surface area contributed by atoms with Gasteiger partial charge in [-0.3, -0.25) is 0 Å². The predicted octanol–water partition coefficient (Wildman–Crippen LogP) is 4.48. The molecule has 0 amide bonds. The molecule has 0 saturated carbocycles. The summed E-state index contributed by atoms with van der Waals surface area (Å²) in [6, 6.07) is 10.1. The molecule has 20 heavy (non-hydrogen) atoms. The first-order chi connectivity index (χ1) is 9.56. The molecule has 0 aliphatic heterocycles. The summed E-state index contributed by atoms with van der Waals surface area (Å²) in [5, 5.41) is -0.439. The molecule has 0 heterocycles. The largest absolute Gasteiger partial charge is 0.493 e.